The molecular formula is C30H27ClF2N4O6. The van der Waals surface area contributed by atoms with Crippen LogP contribution in [0.15, 0.2) is 60.7 Å². The number of rotatable bonds is 6. The molecule has 0 unspecified atom stereocenters. The summed E-state index contributed by atoms with van der Waals surface area (Å²) < 4.78 is 35.2. The summed E-state index contributed by atoms with van der Waals surface area (Å²) in [5.74, 6) is -3.20. The summed E-state index contributed by atoms with van der Waals surface area (Å²) in [6.45, 7) is -0.0165. The number of carboxylic acid groups (broad SMARTS) is 1. The van der Waals surface area contributed by atoms with E-state index in [1.165, 1.54) is 36.2 Å². The zero-order chi connectivity index (χ0) is 30.9. The number of nitrogens with one attached hydrogen (secondary N) is 2. The number of nitrogens with zero attached hydrogens (tertiary/aromatic N) is 2. The Balaban J connectivity index is 1.43. The molecule has 1 spiro atoms. The molecule has 3 N–H and O–H groups in total. The number of halogens is 3. The lowest BCUT2D eigenvalue weighted by Gasteiger charge is -2.45. The molecule has 3 aromatic carbocycles. The molecule has 5 rings (SSSR count). The van der Waals surface area contributed by atoms with Gasteiger partial charge in [-0.15, -0.1) is 0 Å². The summed E-state index contributed by atoms with van der Waals surface area (Å²) in [5.41, 5.74) is -0.590. The van der Waals surface area contributed by atoms with E-state index in [-0.39, 0.29) is 42.7 Å². The second-order valence-corrected chi connectivity index (χ2v) is 10.8. The van der Waals surface area contributed by atoms with Crippen molar-refractivity contribution in [1.29, 1.82) is 0 Å². The third-order valence-electron chi connectivity index (χ3n) is 7.60. The van der Waals surface area contributed by atoms with Gasteiger partial charge in [-0.3, -0.25) is 19.8 Å². The number of carbonyl (C=O) groups excluding carboxylic acids is 3. The number of carbonyl (C=O) groups is 4. The first-order valence-corrected chi connectivity index (χ1v) is 13.7. The molecule has 2 aliphatic rings. The van der Waals surface area contributed by atoms with Crippen LogP contribution in [0.4, 0.5) is 29.7 Å². The fraction of sp³-hybridized carbons (Fsp3) is 0.267. The number of hydrogen-bond donors (Lipinski definition) is 3. The Morgan fingerprint density at radius 1 is 1.16 bits per heavy atom. The lowest BCUT2D eigenvalue weighted by Crippen LogP contribution is -2.58. The van der Waals surface area contributed by atoms with Gasteiger partial charge in [0.15, 0.2) is 11.4 Å². The number of likely N-dealkylation sites (tertiary alicyclic amines) is 1. The van der Waals surface area contributed by atoms with Gasteiger partial charge in [-0.2, -0.15) is 0 Å². The van der Waals surface area contributed by atoms with Crippen LogP contribution in [-0.4, -0.2) is 60.2 Å². The van der Waals surface area contributed by atoms with Crippen LogP contribution in [0.5, 0.6) is 0 Å². The Morgan fingerprint density at radius 2 is 1.86 bits per heavy atom. The lowest BCUT2D eigenvalue weighted by atomic mass is 9.82. The second-order valence-electron chi connectivity index (χ2n) is 10.4. The van der Waals surface area contributed by atoms with Crippen molar-refractivity contribution in [3.05, 3.63) is 94.0 Å². The second kappa shape index (κ2) is 11.9. The molecule has 2 atom stereocenters. The lowest BCUT2D eigenvalue weighted by molar-refractivity contribution is -0.141. The van der Waals surface area contributed by atoms with Crippen molar-refractivity contribution >= 4 is 47.0 Å². The third-order valence-corrected chi connectivity index (χ3v) is 7.95. The quantitative estimate of drug-likeness (QED) is 0.330. The minimum atomic E-state index is -1.62. The topological polar surface area (TPSA) is 128 Å². The molecule has 0 aromatic heterocycles. The summed E-state index contributed by atoms with van der Waals surface area (Å²) in [6, 6.07) is 14.7. The molecule has 224 valence electrons. The van der Waals surface area contributed by atoms with Crippen LogP contribution >= 0.6 is 11.6 Å². The smallest absolute Gasteiger partial charge is 0.412 e. The van der Waals surface area contributed by atoms with Gasteiger partial charge in [0, 0.05) is 31.3 Å². The number of piperidine rings is 1. The van der Waals surface area contributed by atoms with Crippen molar-refractivity contribution in [1.82, 2.24) is 10.2 Å². The van der Waals surface area contributed by atoms with Crippen LogP contribution in [0, 0.1) is 11.6 Å². The van der Waals surface area contributed by atoms with Crippen molar-refractivity contribution in [2.24, 2.45) is 0 Å². The van der Waals surface area contributed by atoms with E-state index in [0.29, 0.717) is 12.1 Å². The molecule has 4 amide bonds. The number of amides is 4. The molecule has 0 aliphatic carbocycles. The molecule has 43 heavy (non-hydrogen) atoms. The molecule has 1 saturated heterocycles. The SMILES string of the molecule is CN(C(=O)O)c1ccc(C(=O)N[C@@H](Cc2ccccc2)C(=O)N2CCC[C@@]3(C2)OC(=O)Nc2cc(F)c(Cl)c(F)c23)cc1. The number of benzene rings is 3. The van der Waals surface area contributed by atoms with E-state index in [0.717, 1.165) is 16.5 Å². The van der Waals surface area contributed by atoms with Crippen molar-refractivity contribution in [2.75, 3.05) is 30.4 Å². The van der Waals surface area contributed by atoms with E-state index in [9.17, 15) is 28.7 Å². The zero-order valence-corrected chi connectivity index (χ0v) is 23.7. The Bertz CT molecular complexity index is 1590. The van der Waals surface area contributed by atoms with Gasteiger partial charge in [-0.1, -0.05) is 41.9 Å². The average molecular weight is 613 g/mol. The molecule has 3 aromatic rings. The first-order valence-electron chi connectivity index (χ1n) is 13.4. The summed E-state index contributed by atoms with van der Waals surface area (Å²) in [5, 5.41) is 13.5. The van der Waals surface area contributed by atoms with Gasteiger partial charge >= 0.3 is 12.2 Å². The van der Waals surface area contributed by atoms with Crippen molar-refractivity contribution < 1.29 is 37.8 Å². The van der Waals surface area contributed by atoms with E-state index in [4.69, 9.17) is 16.3 Å². The maximum Gasteiger partial charge on any atom is 0.412 e. The van der Waals surface area contributed by atoms with Crippen molar-refractivity contribution in [3.8, 4) is 0 Å². The van der Waals surface area contributed by atoms with Gasteiger partial charge in [0.1, 0.15) is 16.9 Å². The van der Waals surface area contributed by atoms with Gasteiger partial charge in [0.25, 0.3) is 5.91 Å². The van der Waals surface area contributed by atoms with Crippen LogP contribution in [-0.2, 0) is 21.6 Å². The van der Waals surface area contributed by atoms with Crippen molar-refractivity contribution in [2.45, 2.75) is 30.9 Å². The van der Waals surface area contributed by atoms with Crippen molar-refractivity contribution in [3.63, 3.8) is 0 Å². The molecule has 0 saturated carbocycles. The number of anilines is 2. The monoisotopic (exact) mass is 612 g/mol. The van der Waals surface area contributed by atoms with E-state index in [1.807, 2.05) is 6.07 Å². The van der Waals surface area contributed by atoms with E-state index in [1.54, 1.807) is 24.3 Å². The number of hydrogen-bond acceptors (Lipinski definition) is 5. The number of ether oxygens (including phenoxy) is 1. The molecule has 1 fully saturated rings. The van der Waals surface area contributed by atoms with E-state index in [2.05, 4.69) is 10.6 Å². The predicted molar refractivity (Wildman–Crippen MR) is 153 cm³/mol. The fourth-order valence-electron chi connectivity index (χ4n) is 5.46. The molecule has 2 aliphatic heterocycles. The highest BCUT2D eigenvalue weighted by Gasteiger charge is 2.49. The van der Waals surface area contributed by atoms with Gasteiger partial charge in [0.2, 0.25) is 5.91 Å². The van der Waals surface area contributed by atoms with Crippen LogP contribution < -0.4 is 15.5 Å². The Morgan fingerprint density at radius 3 is 2.53 bits per heavy atom. The van der Waals surface area contributed by atoms with E-state index < -0.39 is 52.3 Å². The summed E-state index contributed by atoms with van der Waals surface area (Å²) >= 11 is 5.87. The molecular weight excluding hydrogens is 586 g/mol. The van der Waals surface area contributed by atoms with Crippen LogP contribution in [0.2, 0.25) is 5.02 Å². The van der Waals surface area contributed by atoms with Gasteiger partial charge in [0.05, 0.1) is 17.8 Å². The third kappa shape index (κ3) is 5.96. The zero-order valence-electron chi connectivity index (χ0n) is 22.9. The average Bonchev–Trinajstić information content (AvgIpc) is 2.99. The first kappa shape index (κ1) is 29.8. The largest absolute Gasteiger partial charge is 0.465 e. The Kier molecular flexibility index (Phi) is 8.23. The minimum absolute atomic E-state index is 0.123. The Hall–Kier alpha value is -4.71. The van der Waals surface area contributed by atoms with Crippen LogP contribution in [0.25, 0.3) is 0 Å². The van der Waals surface area contributed by atoms with Crippen LogP contribution in [0.3, 0.4) is 0 Å². The highest BCUT2D eigenvalue weighted by atomic mass is 35.5. The van der Waals surface area contributed by atoms with Gasteiger partial charge in [-0.25, -0.2) is 18.4 Å². The van der Waals surface area contributed by atoms with Crippen LogP contribution in [0.1, 0.15) is 34.3 Å². The molecule has 10 nitrogen and oxygen atoms in total. The predicted octanol–water partition coefficient (Wildman–Crippen LogP) is 5.15. The fourth-order valence-corrected chi connectivity index (χ4v) is 5.61. The number of fused-ring (bicyclic) bond motifs is 2. The molecule has 0 bridgehead atoms. The van der Waals surface area contributed by atoms with E-state index >= 15 is 4.39 Å². The first-order chi connectivity index (χ1) is 20.5. The highest BCUT2D eigenvalue weighted by molar-refractivity contribution is 6.31. The van der Waals surface area contributed by atoms with Gasteiger partial charge < -0.3 is 20.1 Å². The molecule has 2 heterocycles. The maximum absolute atomic E-state index is 15.4. The highest BCUT2D eigenvalue weighted by Crippen LogP contribution is 2.46. The summed E-state index contributed by atoms with van der Waals surface area (Å²) in [6.07, 6.45) is -1.49. The standard InChI is InChI=1S/C30H27ClF2N4O6/c1-36(29(41)42)19-10-8-18(9-11-19)26(38)34-22(14-17-6-3-2-4-7-17)27(39)37-13-5-12-30(16-37)23-21(35-28(40)43-30)15-20(32)24(31)25(23)33/h2-4,6-11,15,22H,5,12-14,16H2,1H3,(H,34,38)(H,35,40)(H,41,42)/t22-,30-/m0/s1. The van der Waals surface area contributed by atoms with Gasteiger partial charge in [-0.05, 0) is 48.7 Å². The minimum Gasteiger partial charge on any atom is -0.465 e. The maximum atomic E-state index is 15.4. The summed E-state index contributed by atoms with van der Waals surface area (Å²) in [7, 11) is 1.37. The Labute approximate surface area is 250 Å². The molecule has 13 heteroatoms. The molecule has 0 radical (unpaired) electrons. The summed E-state index contributed by atoms with van der Waals surface area (Å²) in [4.78, 5) is 53.4. The normalized spacial score (nSPS) is 18.2.